The van der Waals surface area contributed by atoms with Crippen LogP contribution in [-0.2, 0) is 21.2 Å². The number of benzene rings is 1. The van der Waals surface area contributed by atoms with E-state index in [-0.39, 0.29) is 0 Å². The zero-order valence-corrected chi connectivity index (χ0v) is 10.5. The van der Waals surface area contributed by atoms with Crippen LogP contribution in [0.25, 0.3) is 0 Å². The van der Waals surface area contributed by atoms with Gasteiger partial charge in [0.2, 0.25) is 10.0 Å². The largest absolute Gasteiger partial charge is 0.480 e. The molecule has 1 unspecified atom stereocenters. The molecule has 0 radical (unpaired) electrons. The Balaban J connectivity index is 3.02. The van der Waals surface area contributed by atoms with Crippen LogP contribution in [-0.4, -0.2) is 24.7 Å². The minimum absolute atomic E-state index is 0.433. The normalized spacial score (nSPS) is 13.1. The topological polar surface area (TPSA) is 83.5 Å². The number of nitrogens with one attached hydrogen (secondary N) is 1. The number of carboxylic acid groups (broad SMARTS) is 1. The van der Waals surface area contributed by atoms with Crippen molar-refractivity contribution in [3.63, 3.8) is 0 Å². The second-order valence-corrected chi connectivity index (χ2v) is 5.64. The molecular formula is C11H15NO4S. The number of hydrogen-bond acceptors (Lipinski definition) is 3. The van der Waals surface area contributed by atoms with Crippen molar-refractivity contribution in [3.8, 4) is 0 Å². The van der Waals surface area contributed by atoms with Crippen molar-refractivity contribution >= 4 is 21.7 Å². The van der Waals surface area contributed by atoms with Crippen LogP contribution in [0.2, 0.25) is 0 Å². The molecule has 0 aromatic heterocycles. The maximum absolute atomic E-state index is 11.7. The summed E-state index contributed by atoms with van der Waals surface area (Å²) in [4.78, 5) is 10.7. The Bertz CT molecular complexity index is 510. The Morgan fingerprint density at radius 2 is 2.00 bits per heavy atom. The molecular weight excluding hydrogens is 242 g/mol. The molecule has 2 N–H and O–H groups in total. The first-order valence-corrected chi connectivity index (χ1v) is 6.75. The maximum atomic E-state index is 11.7. The molecule has 0 heterocycles. The van der Waals surface area contributed by atoms with Gasteiger partial charge in [-0.2, -0.15) is 0 Å². The van der Waals surface area contributed by atoms with Crippen molar-refractivity contribution in [2.24, 2.45) is 0 Å². The summed E-state index contributed by atoms with van der Waals surface area (Å²) in [5.74, 6) is -1.37. The summed E-state index contributed by atoms with van der Waals surface area (Å²) >= 11 is 0. The number of aliphatic carboxylic acids is 1. The molecule has 1 aromatic rings. The number of hydrogen-bond donors (Lipinski definition) is 2. The van der Waals surface area contributed by atoms with E-state index in [1.807, 2.05) is 6.92 Å². The van der Waals surface area contributed by atoms with Crippen LogP contribution in [0.4, 0.5) is 5.69 Å². The van der Waals surface area contributed by atoms with E-state index in [4.69, 9.17) is 5.11 Å². The van der Waals surface area contributed by atoms with E-state index in [9.17, 15) is 13.2 Å². The van der Waals surface area contributed by atoms with Crippen LogP contribution < -0.4 is 4.72 Å². The van der Waals surface area contributed by atoms with Gasteiger partial charge >= 0.3 is 5.97 Å². The van der Waals surface area contributed by atoms with Gasteiger partial charge < -0.3 is 5.11 Å². The number of aryl methyl sites for hydroxylation is 1. The van der Waals surface area contributed by atoms with E-state index in [0.717, 1.165) is 12.5 Å². The molecule has 0 bridgehead atoms. The average molecular weight is 257 g/mol. The first kappa shape index (κ1) is 13.5. The van der Waals surface area contributed by atoms with Crippen LogP contribution in [0.15, 0.2) is 24.3 Å². The zero-order chi connectivity index (χ0) is 13.1. The Hall–Kier alpha value is -1.56. The van der Waals surface area contributed by atoms with Gasteiger partial charge in [0.1, 0.15) is 0 Å². The summed E-state index contributed by atoms with van der Waals surface area (Å²) < 4.78 is 25.7. The molecule has 5 nitrogen and oxygen atoms in total. The lowest BCUT2D eigenvalue weighted by molar-refractivity contribution is -0.136. The number of para-hydroxylation sites is 1. The third kappa shape index (κ3) is 3.20. The number of carboxylic acids is 1. The molecule has 0 aliphatic carbocycles. The second kappa shape index (κ2) is 5.18. The highest BCUT2D eigenvalue weighted by Gasteiger charge is 2.27. The van der Waals surface area contributed by atoms with E-state index in [1.165, 1.54) is 0 Å². The lowest BCUT2D eigenvalue weighted by Crippen LogP contribution is -2.32. The number of sulfonamides is 1. The second-order valence-electron chi connectivity index (χ2n) is 3.64. The predicted octanol–water partition coefficient (Wildman–Crippen LogP) is 1.46. The van der Waals surface area contributed by atoms with E-state index in [2.05, 4.69) is 4.72 Å². The molecule has 94 valence electrons. The van der Waals surface area contributed by atoms with Crippen molar-refractivity contribution < 1.29 is 18.3 Å². The van der Waals surface area contributed by atoms with Gasteiger partial charge in [-0.25, -0.2) is 8.42 Å². The summed E-state index contributed by atoms with van der Waals surface area (Å²) in [5.41, 5.74) is 1.26. The molecule has 6 heteroatoms. The summed E-state index contributed by atoms with van der Waals surface area (Å²) in [7, 11) is -3.89. The molecule has 1 rings (SSSR count). The number of rotatable bonds is 5. The Kier molecular flexibility index (Phi) is 4.11. The molecule has 0 fully saturated rings. The molecule has 1 aromatic carbocycles. The van der Waals surface area contributed by atoms with Crippen LogP contribution in [0.3, 0.4) is 0 Å². The predicted molar refractivity (Wildman–Crippen MR) is 65.5 cm³/mol. The Morgan fingerprint density at radius 3 is 2.53 bits per heavy atom. The molecule has 0 aliphatic heterocycles. The highest BCUT2D eigenvalue weighted by molar-refractivity contribution is 7.94. The minimum atomic E-state index is -3.89. The van der Waals surface area contributed by atoms with Gasteiger partial charge in [0.15, 0.2) is 5.25 Å². The molecule has 0 saturated heterocycles. The van der Waals surface area contributed by atoms with Gasteiger partial charge in [0.05, 0.1) is 5.69 Å². The van der Waals surface area contributed by atoms with E-state index in [1.54, 1.807) is 24.3 Å². The van der Waals surface area contributed by atoms with Gasteiger partial charge in [0, 0.05) is 0 Å². The third-order valence-electron chi connectivity index (χ3n) is 2.46. The van der Waals surface area contributed by atoms with Crippen molar-refractivity contribution in [1.29, 1.82) is 0 Å². The summed E-state index contributed by atoms with van der Waals surface area (Å²) in [5, 5.41) is 7.22. The molecule has 1 atom stereocenters. The highest BCUT2D eigenvalue weighted by atomic mass is 32.2. The maximum Gasteiger partial charge on any atom is 0.323 e. The lowest BCUT2D eigenvalue weighted by atomic mass is 10.1. The summed E-state index contributed by atoms with van der Waals surface area (Å²) in [6, 6.07) is 6.91. The van der Waals surface area contributed by atoms with Crippen molar-refractivity contribution in [1.82, 2.24) is 0 Å². The fraction of sp³-hybridized carbons (Fsp3) is 0.364. The quantitative estimate of drug-likeness (QED) is 0.836. The van der Waals surface area contributed by atoms with Crippen molar-refractivity contribution in [2.75, 3.05) is 4.72 Å². The van der Waals surface area contributed by atoms with Gasteiger partial charge in [-0.3, -0.25) is 9.52 Å². The smallest absolute Gasteiger partial charge is 0.323 e. The summed E-state index contributed by atoms with van der Waals surface area (Å²) in [6.45, 7) is 3.03. The number of anilines is 1. The lowest BCUT2D eigenvalue weighted by Gasteiger charge is -2.13. The zero-order valence-electron chi connectivity index (χ0n) is 9.67. The molecule has 17 heavy (non-hydrogen) atoms. The van der Waals surface area contributed by atoms with Gasteiger partial charge in [-0.15, -0.1) is 0 Å². The average Bonchev–Trinajstić information content (AvgIpc) is 2.28. The van der Waals surface area contributed by atoms with E-state index in [0.29, 0.717) is 12.1 Å². The van der Waals surface area contributed by atoms with Crippen LogP contribution in [0.1, 0.15) is 19.4 Å². The monoisotopic (exact) mass is 257 g/mol. The Morgan fingerprint density at radius 1 is 1.41 bits per heavy atom. The SMILES string of the molecule is CCc1ccccc1NS(=O)(=O)C(C)C(=O)O. The first-order chi connectivity index (χ1) is 7.88. The fourth-order valence-corrected chi connectivity index (χ4v) is 2.25. The van der Waals surface area contributed by atoms with Crippen LogP contribution in [0, 0.1) is 0 Å². The van der Waals surface area contributed by atoms with Gasteiger partial charge in [-0.05, 0) is 25.0 Å². The summed E-state index contributed by atoms with van der Waals surface area (Å²) in [6.07, 6.45) is 0.667. The minimum Gasteiger partial charge on any atom is -0.480 e. The van der Waals surface area contributed by atoms with Crippen LogP contribution >= 0.6 is 0 Å². The fourth-order valence-electron chi connectivity index (χ4n) is 1.30. The molecule has 0 aliphatic rings. The van der Waals surface area contributed by atoms with Crippen molar-refractivity contribution in [3.05, 3.63) is 29.8 Å². The van der Waals surface area contributed by atoms with Crippen LogP contribution in [0.5, 0.6) is 0 Å². The highest BCUT2D eigenvalue weighted by Crippen LogP contribution is 2.18. The van der Waals surface area contributed by atoms with Gasteiger partial charge in [0.25, 0.3) is 0 Å². The standard InChI is InChI=1S/C11H15NO4S/c1-3-9-6-4-5-7-10(9)12-17(15,16)8(2)11(13)14/h4-8,12H,3H2,1-2H3,(H,13,14). The third-order valence-corrected chi connectivity index (χ3v) is 4.10. The first-order valence-electron chi connectivity index (χ1n) is 5.20. The molecule has 0 saturated carbocycles. The van der Waals surface area contributed by atoms with Gasteiger partial charge in [-0.1, -0.05) is 25.1 Å². The molecule has 0 amide bonds. The van der Waals surface area contributed by atoms with Crippen molar-refractivity contribution in [2.45, 2.75) is 25.5 Å². The van der Waals surface area contributed by atoms with E-state index < -0.39 is 21.2 Å². The number of carbonyl (C=O) groups is 1. The molecule has 0 spiro atoms. The van der Waals surface area contributed by atoms with E-state index >= 15 is 0 Å². The Labute approximate surface area is 101 Å².